The zero-order chi connectivity index (χ0) is 28.7. The quantitative estimate of drug-likeness (QED) is 0.377. The summed E-state index contributed by atoms with van der Waals surface area (Å²) in [6, 6.07) is 11.7. The molecule has 3 N–H and O–H groups in total. The molecule has 2 aromatic carbocycles. The summed E-state index contributed by atoms with van der Waals surface area (Å²) in [5.74, 6) is -0.279. The molecule has 0 saturated carbocycles. The van der Waals surface area contributed by atoms with Crippen LogP contribution in [-0.4, -0.2) is 57.1 Å². The van der Waals surface area contributed by atoms with Gasteiger partial charge in [-0.25, -0.2) is 4.79 Å². The second kappa shape index (κ2) is 13.0. The first-order valence-electron chi connectivity index (χ1n) is 12.6. The summed E-state index contributed by atoms with van der Waals surface area (Å²) in [7, 11) is 0. The van der Waals surface area contributed by atoms with E-state index in [9.17, 15) is 19.5 Å². The summed E-state index contributed by atoms with van der Waals surface area (Å²) in [6.45, 7) is 12.6. The smallest absolute Gasteiger partial charge is 0.408 e. The van der Waals surface area contributed by atoms with Crippen molar-refractivity contribution in [1.29, 1.82) is 0 Å². The number of benzene rings is 2. The molecule has 2 rings (SSSR count). The van der Waals surface area contributed by atoms with Gasteiger partial charge < -0.3 is 25.4 Å². The highest BCUT2D eigenvalue weighted by Gasteiger charge is 2.42. The highest BCUT2D eigenvalue weighted by atomic mass is 32.2. The van der Waals surface area contributed by atoms with Gasteiger partial charge in [0.2, 0.25) is 5.91 Å². The molecule has 0 aliphatic rings. The molecule has 0 heterocycles. The van der Waals surface area contributed by atoms with Gasteiger partial charge in [0.25, 0.3) is 5.91 Å². The lowest BCUT2D eigenvalue weighted by Crippen LogP contribution is -2.58. The van der Waals surface area contributed by atoms with Crippen LogP contribution >= 0.6 is 11.8 Å². The highest BCUT2D eigenvalue weighted by molar-refractivity contribution is 7.98. The normalized spacial score (nSPS) is 13.3. The molecule has 208 valence electrons. The van der Waals surface area contributed by atoms with Crippen LogP contribution in [0.3, 0.4) is 0 Å². The number of rotatable bonds is 9. The van der Waals surface area contributed by atoms with Gasteiger partial charge in [-0.3, -0.25) is 9.59 Å². The lowest BCUT2D eigenvalue weighted by atomic mass is 9.94. The third kappa shape index (κ3) is 8.97. The number of hydrogen-bond acceptors (Lipinski definition) is 6. The van der Waals surface area contributed by atoms with Gasteiger partial charge in [0.1, 0.15) is 23.4 Å². The Morgan fingerprint density at radius 1 is 1.03 bits per heavy atom. The number of nitrogens with zero attached hydrogens (tertiary/aromatic N) is 1. The second-order valence-electron chi connectivity index (χ2n) is 11.2. The summed E-state index contributed by atoms with van der Waals surface area (Å²) < 4.78 is 5.42. The molecule has 0 spiro atoms. The van der Waals surface area contributed by atoms with Gasteiger partial charge in [-0.2, -0.15) is 11.8 Å². The van der Waals surface area contributed by atoms with Crippen molar-refractivity contribution in [2.45, 2.75) is 78.1 Å². The fourth-order valence-corrected chi connectivity index (χ4v) is 4.45. The van der Waals surface area contributed by atoms with Gasteiger partial charge in [-0.1, -0.05) is 30.3 Å². The van der Waals surface area contributed by atoms with E-state index in [0.29, 0.717) is 23.4 Å². The SMILES string of the molecule is CSCCC(NC(=O)OC(C)(C)C)C(=O)N(C(C(=O)Nc1ccccc1C)c1cccc(O)c1)C(C)(C)C. The number of para-hydroxylation sites is 1. The molecular formula is C29H41N3O5S. The fourth-order valence-electron chi connectivity index (χ4n) is 3.98. The maximum absolute atomic E-state index is 14.2. The Morgan fingerprint density at radius 3 is 2.24 bits per heavy atom. The van der Waals surface area contributed by atoms with E-state index in [2.05, 4.69) is 10.6 Å². The number of amides is 3. The van der Waals surface area contributed by atoms with Gasteiger partial charge in [0, 0.05) is 11.2 Å². The van der Waals surface area contributed by atoms with Crippen molar-refractivity contribution in [2.24, 2.45) is 0 Å². The minimum absolute atomic E-state index is 0.0247. The van der Waals surface area contributed by atoms with E-state index in [1.54, 1.807) is 50.7 Å². The lowest BCUT2D eigenvalue weighted by molar-refractivity contribution is -0.146. The number of aryl methyl sites for hydroxylation is 1. The van der Waals surface area contributed by atoms with Crippen LogP contribution in [0.25, 0.3) is 0 Å². The van der Waals surface area contributed by atoms with Gasteiger partial charge in [0.05, 0.1) is 0 Å². The first-order chi connectivity index (χ1) is 17.6. The van der Waals surface area contributed by atoms with Crippen LogP contribution in [0.15, 0.2) is 48.5 Å². The standard InChI is InChI=1S/C29H41N3O5S/c1-19-12-9-10-15-22(19)30-25(34)24(20-13-11-14-21(33)18-20)32(28(2,3)4)26(35)23(16-17-38-8)31-27(36)37-29(5,6)7/h9-15,18,23-24,33H,16-17H2,1-8H3,(H,30,34)(H,31,36). The molecule has 0 aliphatic carbocycles. The number of carbonyl (C=O) groups excluding carboxylic acids is 3. The lowest BCUT2D eigenvalue weighted by Gasteiger charge is -2.43. The van der Waals surface area contributed by atoms with Crippen molar-refractivity contribution in [1.82, 2.24) is 10.2 Å². The van der Waals surface area contributed by atoms with Gasteiger partial charge >= 0.3 is 6.09 Å². The van der Waals surface area contributed by atoms with E-state index in [1.165, 1.54) is 17.0 Å². The highest BCUT2D eigenvalue weighted by Crippen LogP contribution is 2.33. The van der Waals surface area contributed by atoms with Crippen molar-refractivity contribution in [3.63, 3.8) is 0 Å². The number of alkyl carbamates (subject to hydrolysis) is 1. The number of aromatic hydroxyl groups is 1. The third-order valence-electron chi connectivity index (χ3n) is 5.66. The van der Waals surface area contributed by atoms with E-state index >= 15 is 0 Å². The number of nitrogens with one attached hydrogen (secondary N) is 2. The van der Waals surface area contributed by atoms with Crippen LogP contribution in [0.1, 0.15) is 65.1 Å². The molecule has 3 amide bonds. The number of anilines is 1. The molecule has 0 aromatic heterocycles. The van der Waals surface area contributed by atoms with Crippen molar-refractivity contribution in [3.8, 4) is 5.75 Å². The number of hydrogen-bond donors (Lipinski definition) is 3. The van der Waals surface area contributed by atoms with Crippen molar-refractivity contribution < 1.29 is 24.2 Å². The number of phenols is 1. The van der Waals surface area contributed by atoms with Crippen LogP contribution < -0.4 is 10.6 Å². The molecule has 0 radical (unpaired) electrons. The van der Waals surface area contributed by atoms with Crippen LogP contribution in [0, 0.1) is 6.92 Å². The number of phenolic OH excluding ortho intramolecular Hbond substituents is 1. The van der Waals surface area contributed by atoms with Crippen LogP contribution in [0.4, 0.5) is 10.5 Å². The maximum Gasteiger partial charge on any atom is 0.408 e. The van der Waals surface area contributed by atoms with E-state index in [0.717, 1.165) is 5.56 Å². The van der Waals surface area contributed by atoms with Crippen molar-refractivity contribution >= 4 is 35.4 Å². The Kier molecular flexibility index (Phi) is 10.6. The van der Waals surface area contributed by atoms with Crippen molar-refractivity contribution in [2.75, 3.05) is 17.3 Å². The molecule has 0 bridgehead atoms. The van der Waals surface area contributed by atoms with Crippen LogP contribution in [0.2, 0.25) is 0 Å². The largest absolute Gasteiger partial charge is 0.508 e. The molecule has 0 saturated heterocycles. The number of thioether (sulfide) groups is 1. The topological polar surface area (TPSA) is 108 Å². The average Bonchev–Trinajstić information content (AvgIpc) is 2.79. The maximum atomic E-state index is 14.2. The molecule has 2 unspecified atom stereocenters. The summed E-state index contributed by atoms with van der Waals surface area (Å²) in [4.78, 5) is 42.3. The molecule has 2 atom stereocenters. The minimum Gasteiger partial charge on any atom is -0.508 e. The summed E-state index contributed by atoms with van der Waals surface area (Å²) in [5, 5.41) is 15.9. The molecule has 9 heteroatoms. The monoisotopic (exact) mass is 543 g/mol. The minimum atomic E-state index is -1.09. The van der Waals surface area contributed by atoms with E-state index in [-0.39, 0.29) is 5.75 Å². The van der Waals surface area contributed by atoms with Crippen molar-refractivity contribution in [3.05, 3.63) is 59.7 Å². The Labute approximate surface area is 230 Å². The molecule has 2 aromatic rings. The summed E-state index contributed by atoms with van der Waals surface area (Å²) >= 11 is 1.55. The fraction of sp³-hybridized carbons (Fsp3) is 0.483. The first kappa shape index (κ1) is 31.0. The van der Waals surface area contributed by atoms with Crippen LogP contribution in [0.5, 0.6) is 5.75 Å². The van der Waals surface area contributed by atoms with E-state index in [4.69, 9.17) is 4.74 Å². The molecular weight excluding hydrogens is 502 g/mol. The van der Waals surface area contributed by atoms with Gasteiger partial charge in [-0.05, 0) is 96.2 Å². The number of ether oxygens (including phenoxy) is 1. The zero-order valence-corrected chi connectivity index (χ0v) is 24.4. The Bertz CT molecular complexity index is 1120. The van der Waals surface area contributed by atoms with Crippen LogP contribution in [-0.2, 0) is 14.3 Å². The Morgan fingerprint density at radius 2 is 1.68 bits per heavy atom. The van der Waals surface area contributed by atoms with E-state index < -0.39 is 41.1 Å². The third-order valence-corrected chi connectivity index (χ3v) is 6.30. The van der Waals surface area contributed by atoms with Gasteiger partial charge in [0.15, 0.2) is 0 Å². The average molecular weight is 544 g/mol. The number of carbonyl (C=O) groups is 3. The molecule has 8 nitrogen and oxygen atoms in total. The summed E-state index contributed by atoms with van der Waals surface area (Å²) in [6.07, 6.45) is 1.56. The Hall–Kier alpha value is -3.20. The molecule has 0 aliphatic heterocycles. The molecule has 0 fully saturated rings. The Balaban J connectivity index is 2.58. The summed E-state index contributed by atoms with van der Waals surface area (Å²) in [5.41, 5.74) is 0.366. The van der Waals surface area contributed by atoms with Gasteiger partial charge in [-0.15, -0.1) is 0 Å². The predicted molar refractivity (Wildman–Crippen MR) is 153 cm³/mol. The predicted octanol–water partition coefficient (Wildman–Crippen LogP) is 5.65. The second-order valence-corrected chi connectivity index (χ2v) is 12.1. The van der Waals surface area contributed by atoms with E-state index in [1.807, 2.05) is 52.1 Å². The molecule has 38 heavy (non-hydrogen) atoms. The first-order valence-corrected chi connectivity index (χ1v) is 14.0. The zero-order valence-electron chi connectivity index (χ0n) is 23.6.